The van der Waals surface area contributed by atoms with Gasteiger partial charge in [-0.15, -0.1) is 0 Å². The normalized spacial score (nSPS) is 13.1. The fourth-order valence-electron chi connectivity index (χ4n) is 2.22. The first-order valence-corrected chi connectivity index (χ1v) is 9.15. The summed E-state index contributed by atoms with van der Waals surface area (Å²) in [5, 5.41) is 5.71. The number of nitrogens with one attached hydrogen (secondary N) is 2. The predicted octanol–water partition coefficient (Wildman–Crippen LogP) is 3.57. The maximum absolute atomic E-state index is 12.0. The molecule has 2 aromatic carbocycles. The molecule has 0 bridgehead atoms. The molecule has 0 spiro atoms. The van der Waals surface area contributed by atoms with E-state index in [9.17, 15) is 9.00 Å². The highest BCUT2D eigenvalue weighted by Gasteiger charge is 2.08. The molecule has 0 aromatic heterocycles. The summed E-state index contributed by atoms with van der Waals surface area (Å²) >= 11 is 0. The third-order valence-corrected chi connectivity index (χ3v) is 4.47. The van der Waals surface area contributed by atoms with Gasteiger partial charge in [-0.3, -0.25) is 4.21 Å². The summed E-state index contributed by atoms with van der Waals surface area (Å²) in [6, 6.07) is 17.1. The first-order chi connectivity index (χ1) is 11.0. The van der Waals surface area contributed by atoms with Crippen molar-refractivity contribution in [2.45, 2.75) is 30.7 Å². The van der Waals surface area contributed by atoms with Gasteiger partial charge in [-0.05, 0) is 49.6 Å². The Labute approximate surface area is 139 Å². The van der Waals surface area contributed by atoms with Gasteiger partial charge in [0.2, 0.25) is 0 Å². The fourth-order valence-corrected chi connectivity index (χ4v) is 2.74. The highest BCUT2D eigenvalue weighted by Crippen LogP contribution is 2.12. The van der Waals surface area contributed by atoms with Crippen LogP contribution in [0.5, 0.6) is 0 Å². The number of carbonyl (C=O) groups is 1. The summed E-state index contributed by atoms with van der Waals surface area (Å²) in [5.74, 6) is 0. The molecule has 0 saturated heterocycles. The Bertz CT molecular complexity index is 656. The second-order valence-electron chi connectivity index (χ2n) is 5.50. The first kappa shape index (κ1) is 17.2. The summed E-state index contributed by atoms with van der Waals surface area (Å²) in [5.41, 5.74) is 1.96. The van der Waals surface area contributed by atoms with Gasteiger partial charge in [0.1, 0.15) is 0 Å². The average Bonchev–Trinajstić information content (AvgIpc) is 2.54. The monoisotopic (exact) mass is 330 g/mol. The van der Waals surface area contributed by atoms with Crippen molar-refractivity contribution in [2.75, 3.05) is 11.6 Å². The number of benzene rings is 2. The quantitative estimate of drug-likeness (QED) is 0.851. The molecule has 0 fully saturated rings. The number of aryl methyl sites for hydroxylation is 1. The van der Waals surface area contributed by atoms with Gasteiger partial charge in [0.25, 0.3) is 0 Å². The van der Waals surface area contributed by atoms with Crippen LogP contribution in [-0.4, -0.2) is 22.5 Å². The number of hydrogen-bond acceptors (Lipinski definition) is 2. The van der Waals surface area contributed by atoms with Crippen LogP contribution in [0.3, 0.4) is 0 Å². The predicted molar refractivity (Wildman–Crippen MR) is 95.2 cm³/mol. The second-order valence-corrected chi connectivity index (χ2v) is 6.88. The number of rotatable bonds is 6. The van der Waals surface area contributed by atoms with Gasteiger partial charge in [0, 0.05) is 33.7 Å². The van der Waals surface area contributed by atoms with Crippen molar-refractivity contribution in [3.8, 4) is 0 Å². The molecule has 0 radical (unpaired) electrons. The maximum Gasteiger partial charge on any atom is 0.319 e. The van der Waals surface area contributed by atoms with E-state index in [4.69, 9.17) is 0 Å². The van der Waals surface area contributed by atoms with Crippen molar-refractivity contribution in [1.82, 2.24) is 5.32 Å². The van der Waals surface area contributed by atoms with Crippen LogP contribution in [0.2, 0.25) is 0 Å². The van der Waals surface area contributed by atoms with Crippen molar-refractivity contribution in [2.24, 2.45) is 0 Å². The van der Waals surface area contributed by atoms with E-state index in [0.29, 0.717) is 5.69 Å². The molecule has 2 N–H and O–H groups in total. The van der Waals surface area contributed by atoms with Crippen molar-refractivity contribution in [1.29, 1.82) is 0 Å². The van der Waals surface area contributed by atoms with Gasteiger partial charge in [0.15, 0.2) is 0 Å². The van der Waals surface area contributed by atoms with E-state index < -0.39 is 10.8 Å². The van der Waals surface area contributed by atoms with Gasteiger partial charge < -0.3 is 10.6 Å². The standard InChI is InChI=1S/C18H22N2O2S/c1-14(8-9-15-6-4-3-5-7-15)19-18(21)20-16-10-12-17(13-11-16)23(2)22/h3-7,10-14H,8-9H2,1-2H3,(H2,19,20,21)/t14-,23+/m1/s1. The lowest BCUT2D eigenvalue weighted by molar-refractivity contribution is 0.248. The molecule has 0 aliphatic heterocycles. The number of carbonyl (C=O) groups excluding carboxylic acids is 1. The summed E-state index contributed by atoms with van der Waals surface area (Å²) in [4.78, 5) is 12.7. The third kappa shape index (κ3) is 5.87. The van der Waals surface area contributed by atoms with Gasteiger partial charge >= 0.3 is 6.03 Å². The molecule has 0 aliphatic carbocycles. The van der Waals surface area contributed by atoms with Crippen LogP contribution in [0.15, 0.2) is 59.5 Å². The van der Waals surface area contributed by atoms with E-state index in [0.717, 1.165) is 17.7 Å². The lowest BCUT2D eigenvalue weighted by Crippen LogP contribution is -2.36. The second kappa shape index (κ2) is 8.48. The fraction of sp³-hybridized carbons (Fsp3) is 0.278. The minimum absolute atomic E-state index is 0.0811. The summed E-state index contributed by atoms with van der Waals surface area (Å²) in [6.45, 7) is 1.99. The van der Waals surface area contributed by atoms with Gasteiger partial charge in [-0.1, -0.05) is 30.3 Å². The zero-order valence-electron chi connectivity index (χ0n) is 13.4. The van der Waals surface area contributed by atoms with Gasteiger partial charge in [-0.25, -0.2) is 4.79 Å². The number of hydrogen-bond donors (Lipinski definition) is 2. The van der Waals surface area contributed by atoms with Crippen molar-refractivity contribution >= 4 is 22.5 Å². The Balaban J connectivity index is 1.78. The number of amides is 2. The maximum atomic E-state index is 12.0. The topological polar surface area (TPSA) is 58.2 Å². The number of anilines is 1. The van der Waals surface area contributed by atoms with E-state index in [1.54, 1.807) is 30.5 Å². The zero-order valence-corrected chi connectivity index (χ0v) is 14.2. The molecule has 2 atom stereocenters. The van der Waals surface area contributed by atoms with Crippen LogP contribution >= 0.6 is 0 Å². The Morgan fingerprint density at radius 1 is 1.09 bits per heavy atom. The highest BCUT2D eigenvalue weighted by molar-refractivity contribution is 7.84. The molecule has 23 heavy (non-hydrogen) atoms. The molecular formula is C18H22N2O2S. The van der Waals surface area contributed by atoms with E-state index >= 15 is 0 Å². The van der Waals surface area contributed by atoms with E-state index in [-0.39, 0.29) is 12.1 Å². The van der Waals surface area contributed by atoms with Crippen molar-refractivity contribution in [3.05, 3.63) is 60.2 Å². The molecule has 0 saturated carbocycles. The molecule has 2 amide bonds. The van der Waals surface area contributed by atoms with E-state index in [2.05, 4.69) is 22.8 Å². The molecule has 0 heterocycles. The minimum atomic E-state index is -1.01. The molecular weight excluding hydrogens is 308 g/mol. The molecule has 2 rings (SSSR count). The van der Waals surface area contributed by atoms with Crippen molar-refractivity contribution < 1.29 is 9.00 Å². The average molecular weight is 330 g/mol. The largest absolute Gasteiger partial charge is 0.335 e. The Kier molecular flexibility index (Phi) is 6.35. The minimum Gasteiger partial charge on any atom is -0.335 e. The Hall–Kier alpha value is -2.14. The highest BCUT2D eigenvalue weighted by atomic mass is 32.2. The van der Waals surface area contributed by atoms with Crippen LogP contribution in [0.25, 0.3) is 0 Å². The van der Waals surface area contributed by atoms with Crippen LogP contribution < -0.4 is 10.6 Å². The molecule has 2 aromatic rings. The smallest absolute Gasteiger partial charge is 0.319 e. The summed E-state index contributed by atoms with van der Waals surface area (Å²) < 4.78 is 11.3. The van der Waals surface area contributed by atoms with Crippen LogP contribution in [0.4, 0.5) is 10.5 Å². The molecule has 4 nitrogen and oxygen atoms in total. The van der Waals surface area contributed by atoms with Gasteiger partial charge in [-0.2, -0.15) is 0 Å². The lowest BCUT2D eigenvalue weighted by atomic mass is 10.1. The van der Waals surface area contributed by atoms with Crippen LogP contribution in [-0.2, 0) is 17.2 Å². The lowest BCUT2D eigenvalue weighted by Gasteiger charge is -2.15. The first-order valence-electron chi connectivity index (χ1n) is 7.59. The van der Waals surface area contributed by atoms with Crippen LogP contribution in [0.1, 0.15) is 18.9 Å². The molecule has 122 valence electrons. The van der Waals surface area contributed by atoms with Crippen molar-refractivity contribution in [3.63, 3.8) is 0 Å². The summed E-state index contributed by atoms with van der Waals surface area (Å²) in [7, 11) is -1.01. The SMILES string of the molecule is C[C@H](CCc1ccccc1)NC(=O)Nc1ccc([S@](C)=O)cc1. The molecule has 5 heteroatoms. The Morgan fingerprint density at radius 2 is 1.74 bits per heavy atom. The summed E-state index contributed by atoms with van der Waals surface area (Å²) in [6.07, 6.45) is 3.44. The number of urea groups is 1. The van der Waals surface area contributed by atoms with E-state index in [1.807, 2.05) is 25.1 Å². The molecule has 0 unspecified atom stereocenters. The zero-order chi connectivity index (χ0) is 16.7. The van der Waals surface area contributed by atoms with Gasteiger partial charge in [0.05, 0.1) is 0 Å². The molecule has 0 aliphatic rings. The van der Waals surface area contributed by atoms with Crippen LogP contribution in [0, 0.1) is 0 Å². The third-order valence-electron chi connectivity index (χ3n) is 3.53. The van der Waals surface area contributed by atoms with E-state index in [1.165, 1.54) is 5.56 Å². The Morgan fingerprint density at radius 3 is 2.35 bits per heavy atom.